The number of hydrogen-bond donors (Lipinski definition) is 0. The Labute approximate surface area is 136 Å². The molecule has 0 N–H and O–H groups in total. The third kappa shape index (κ3) is 3.13. The fourth-order valence-electron chi connectivity index (χ4n) is 3.28. The second-order valence-corrected chi connectivity index (χ2v) is 6.67. The summed E-state index contributed by atoms with van der Waals surface area (Å²) in [4.78, 5) is 38.6. The zero-order chi connectivity index (χ0) is 16.6. The van der Waals surface area contributed by atoms with Crippen molar-refractivity contribution in [1.82, 2.24) is 19.8 Å². The molecule has 3 heterocycles. The van der Waals surface area contributed by atoms with Gasteiger partial charge in [0, 0.05) is 46.1 Å². The van der Waals surface area contributed by atoms with Gasteiger partial charge in [-0.1, -0.05) is 0 Å². The van der Waals surface area contributed by atoms with Gasteiger partial charge in [0.05, 0.1) is 12.5 Å². The number of likely N-dealkylation sites (tertiary alicyclic amines) is 1. The third-order valence-electron chi connectivity index (χ3n) is 4.71. The van der Waals surface area contributed by atoms with E-state index in [-0.39, 0.29) is 24.3 Å². The lowest BCUT2D eigenvalue weighted by Crippen LogP contribution is -2.49. The largest absolute Gasteiger partial charge is 0.347 e. The molecule has 0 radical (unpaired) electrons. The molecule has 2 aliphatic rings. The van der Waals surface area contributed by atoms with Crippen molar-refractivity contribution in [2.45, 2.75) is 13.3 Å². The fourth-order valence-corrected chi connectivity index (χ4v) is 3.28. The van der Waals surface area contributed by atoms with Crippen molar-refractivity contribution in [3.05, 3.63) is 18.0 Å². The maximum absolute atomic E-state index is 12.7. The van der Waals surface area contributed by atoms with Gasteiger partial charge in [0.2, 0.25) is 17.8 Å². The summed E-state index contributed by atoms with van der Waals surface area (Å²) < 4.78 is 0. The lowest BCUT2D eigenvalue weighted by Gasteiger charge is -2.33. The number of aromatic nitrogens is 2. The smallest absolute Gasteiger partial charge is 0.241 e. The molecule has 0 aliphatic carbocycles. The molecular weight excluding hydrogens is 294 g/mol. The minimum Gasteiger partial charge on any atom is -0.347 e. The average Bonchev–Trinajstić information content (AvgIpc) is 2.95. The number of rotatable bonds is 3. The number of aryl methyl sites for hydroxylation is 1. The molecule has 0 unspecified atom stereocenters. The molecule has 2 atom stereocenters. The average molecular weight is 317 g/mol. The van der Waals surface area contributed by atoms with Crippen LogP contribution in [0.1, 0.15) is 12.0 Å². The van der Waals surface area contributed by atoms with Crippen molar-refractivity contribution < 1.29 is 9.59 Å². The van der Waals surface area contributed by atoms with Gasteiger partial charge < -0.3 is 14.7 Å². The normalized spacial score (nSPS) is 23.9. The molecule has 2 aliphatic heterocycles. The van der Waals surface area contributed by atoms with Gasteiger partial charge in [0.15, 0.2) is 0 Å². The standard InChI is InChI=1S/C16H23N5O2/c1-11-6-17-16(18-7-11)21-8-12-4-5-20(10-14(22)19(2)3)15(23)13(12)9-21/h6-7,12-13H,4-5,8-10H2,1-3H3/t12-,13-/m1/s1. The monoisotopic (exact) mass is 317 g/mol. The summed E-state index contributed by atoms with van der Waals surface area (Å²) in [5.41, 5.74) is 1.02. The highest BCUT2D eigenvalue weighted by molar-refractivity contribution is 5.87. The Kier molecular flexibility index (Phi) is 4.19. The van der Waals surface area contributed by atoms with Crippen LogP contribution in [0.25, 0.3) is 0 Å². The first-order valence-corrected chi connectivity index (χ1v) is 7.98. The Balaban J connectivity index is 1.68. The molecule has 3 rings (SSSR count). The molecule has 0 spiro atoms. The highest BCUT2D eigenvalue weighted by Crippen LogP contribution is 2.33. The molecule has 7 heteroatoms. The van der Waals surface area contributed by atoms with E-state index in [2.05, 4.69) is 14.9 Å². The van der Waals surface area contributed by atoms with Crippen LogP contribution < -0.4 is 4.90 Å². The van der Waals surface area contributed by atoms with Gasteiger partial charge in [0.1, 0.15) is 0 Å². The zero-order valence-electron chi connectivity index (χ0n) is 13.9. The Hall–Kier alpha value is -2.18. The van der Waals surface area contributed by atoms with Gasteiger partial charge in [-0.25, -0.2) is 9.97 Å². The Morgan fingerprint density at radius 1 is 1.30 bits per heavy atom. The van der Waals surface area contributed by atoms with Crippen molar-refractivity contribution >= 4 is 17.8 Å². The lowest BCUT2D eigenvalue weighted by molar-refractivity contribution is -0.145. The number of carbonyl (C=O) groups is 2. The predicted octanol–water partition coefficient (Wildman–Crippen LogP) is 0.158. The first-order valence-electron chi connectivity index (χ1n) is 7.98. The quantitative estimate of drug-likeness (QED) is 0.794. The molecule has 0 bridgehead atoms. The number of carbonyl (C=O) groups excluding carboxylic acids is 2. The van der Waals surface area contributed by atoms with Crippen molar-refractivity contribution in [2.75, 3.05) is 45.2 Å². The number of likely N-dealkylation sites (N-methyl/N-ethyl adjacent to an activating group) is 1. The highest BCUT2D eigenvalue weighted by Gasteiger charge is 2.43. The second-order valence-electron chi connectivity index (χ2n) is 6.67. The van der Waals surface area contributed by atoms with Crippen molar-refractivity contribution in [3.8, 4) is 0 Å². The van der Waals surface area contributed by atoms with Crippen LogP contribution in [0.4, 0.5) is 5.95 Å². The number of nitrogens with zero attached hydrogens (tertiary/aromatic N) is 5. The van der Waals surface area contributed by atoms with Gasteiger partial charge in [-0.05, 0) is 24.8 Å². The second kappa shape index (κ2) is 6.14. The van der Waals surface area contributed by atoms with E-state index >= 15 is 0 Å². The molecular formula is C16H23N5O2. The molecule has 0 saturated carbocycles. The number of fused-ring (bicyclic) bond motifs is 1. The fraction of sp³-hybridized carbons (Fsp3) is 0.625. The molecule has 2 fully saturated rings. The van der Waals surface area contributed by atoms with Crippen molar-refractivity contribution in [1.29, 1.82) is 0 Å². The highest BCUT2D eigenvalue weighted by atomic mass is 16.2. The van der Waals surface area contributed by atoms with Gasteiger partial charge in [0.25, 0.3) is 0 Å². The minimum absolute atomic E-state index is 0.0338. The van der Waals surface area contributed by atoms with Gasteiger partial charge in [-0.2, -0.15) is 0 Å². The third-order valence-corrected chi connectivity index (χ3v) is 4.71. The van der Waals surface area contributed by atoms with Crippen LogP contribution >= 0.6 is 0 Å². The Morgan fingerprint density at radius 2 is 2.00 bits per heavy atom. The van der Waals surface area contributed by atoms with Crippen LogP contribution in [0.5, 0.6) is 0 Å². The lowest BCUT2D eigenvalue weighted by atomic mass is 9.88. The summed E-state index contributed by atoms with van der Waals surface area (Å²) in [5, 5.41) is 0. The van der Waals surface area contributed by atoms with Gasteiger partial charge >= 0.3 is 0 Å². The summed E-state index contributed by atoms with van der Waals surface area (Å²) in [5.74, 6) is 1.02. The molecule has 7 nitrogen and oxygen atoms in total. The van der Waals surface area contributed by atoms with Crippen molar-refractivity contribution in [2.24, 2.45) is 11.8 Å². The number of amides is 2. The van der Waals surface area contributed by atoms with Gasteiger partial charge in [-0.15, -0.1) is 0 Å². The summed E-state index contributed by atoms with van der Waals surface area (Å²) >= 11 is 0. The molecule has 0 aromatic carbocycles. The topological polar surface area (TPSA) is 69.6 Å². The molecule has 1 aromatic heterocycles. The number of piperidine rings is 1. The van der Waals surface area contributed by atoms with E-state index in [0.717, 1.165) is 18.5 Å². The zero-order valence-corrected chi connectivity index (χ0v) is 13.9. The van der Waals surface area contributed by atoms with E-state index in [0.29, 0.717) is 25.0 Å². The summed E-state index contributed by atoms with van der Waals surface area (Å²) in [7, 11) is 3.43. The number of anilines is 1. The van der Waals surface area contributed by atoms with E-state index in [1.165, 1.54) is 4.90 Å². The van der Waals surface area contributed by atoms with Crippen molar-refractivity contribution in [3.63, 3.8) is 0 Å². The molecule has 2 saturated heterocycles. The number of hydrogen-bond acceptors (Lipinski definition) is 5. The predicted molar refractivity (Wildman–Crippen MR) is 85.9 cm³/mol. The maximum atomic E-state index is 12.7. The summed E-state index contributed by atoms with van der Waals surface area (Å²) in [6.45, 7) is 4.24. The maximum Gasteiger partial charge on any atom is 0.241 e. The first kappa shape index (κ1) is 15.7. The minimum atomic E-state index is -0.0522. The first-order chi connectivity index (χ1) is 11.0. The molecule has 23 heavy (non-hydrogen) atoms. The SMILES string of the molecule is Cc1cnc(N2C[C@H]3CCN(CC(=O)N(C)C)C(=O)[C@@H]3C2)nc1. The van der Waals surface area contributed by atoms with E-state index < -0.39 is 0 Å². The molecule has 1 aromatic rings. The van der Waals surface area contributed by atoms with Gasteiger partial charge in [-0.3, -0.25) is 9.59 Å². The van der Waals surface area contributed by atoms with E-state index in [1.807, 2.05) is 6.92 Å². The van der Waals surface area contributed by atoms with Crippen LogP contribution in [0.15, 0.2) is 12.4 Å². The van der Waals surface area contributed by atoms with Crippen LogP contribution in [-0.4, -0.2) is 71.9 Å². The Bertz CT molecular complexity index is 601. The summed E-state index contributed by atoms with van der Waals surface area (Å²) in [6, 6.07) is 0. The molecule has 124 valence electrons. The van der Waals surface area contributed by atoms with Crippen LogP contribution in [-0.2, 0) is 9.59 Å². The van der Waals surface area contributed by atoms with E-state index in [9.17, 15) is 9.59 Å². The molecule has 2 amide bonds. The van der Waals surface area contributed by atoms with E-state index in [1.54, 1.807) is 31.4 Å². The van der Waals surface area contributed by atoms with Crippen LogP contribution in [0.2, 0.25) is 0 Å². The Morgan fingerprint density at radius 3 is 2.65 bits per heavy atom. The van der Waals surface area contributed by atoms with Crippen LogP contribution in [0, 0.1) is 18.8 Å². The van der Waals surface area contributed by atoms with E-state index in [4.69, 9.17) is 0 Å². The van der Waals surface area contributed by atoms with Crippen LogP contribution in [0.3, 0.4) is 0 Å². The summed E-state index contributed by atoms with van der Waals surface area (Å²) in [6.07, 6.45) is 4.53.